The SMILES string of the molecule is CC(C)c1ccccc1OCC(=O)Nc1ccc(C(=O)c2nccn2C)cc1. The van der Waals surface area contributed by atoms with Gasteiger partial charge in [-0.05, 0) is 41.8 Å². The molecule has 3 aromatic rings. The molecule has 2 aromatic carbocycles. The van der Waals surface area contributed by atoms with Crippen LogP contribution in [0.25, 0.3) is 0 Å². The molecule has 0 aliphatic carbocycles. The maximum absolute atomic E-state index is 12.4. The van der Waals surface area contributed by atoms with Crippen LogP contribution in [0.1, 0.15) is 41.5 Å². The first-order chi connectivity index (χ1) is 13.5. The van der Waals surface area contributed by atoms with E-state index in [2.05, 4.69) is 24.1 Å². The molecular weight excluding hydrogens is 354 g/mol. The highest BCUT2D eigenvalue weighted by atomic mass is 16.5. The number of aromatic nitrogens is 2. The normalized spacial score (nSPS) is 10.7. The molecule has 0 saturated carbocycles. The van der Waals surface area contributed by atoms with E-state index < -0.39 is 0 Å². The van der Waals surface area contributed by atoms with Crippen molar-refractivity contribution < 1.29 is 14.3 Å². The zero-order valence-corrected chi connectivity index (χ0v) is 16.2. The molecule has 28 heavy (non-hydrogen) atoms. The van der Waals surface area contributed by atoms with E-state index in [9.17, 15) is 9.59 Å². The van der Waals surface area contributed by atoms with Crippen molar-refractivity contribution in [2.45, 2.75) is 19.8 Å². The van der Waals surface area contributed by atoms with E-state index >= 15 is 0 Å². The molecule has 0 aliphatic rings. The Hall–Kier alpha value is -3.41. The third-order valence-corrected chi connectivity index (χ3v) is 4.35. The Kier molecular flexibility index (Phi) is 5.89. The molecule has 0 atom stereocenters. The lowest BCUT2D eigenvalue weighted by Gasteiger charge is -2.13. The predicted molar refractivity (Wildman–Crippen MR) is 108 cm³/mol. The minimum absolute atomic E-state index is 0.0856. The standard InChI is InChI=1S/C22H23N3O3/c1-15(2)18-6-4-5-7-19(18)28-14-20(26)24-17-10-8-16(9-11-17)21(27)22-23-12-13-25(22)3/h4-13,15H,14H2,1-3H3,(H,24,26). The smallest absolute Gasteiger partial charge is 0.262 e. The minimum atomic E-state index is -0.262. The fourth-order valence-corrected chi connectivity index (χ4v) is 2.85. The highest BCUT2D eigenvalue weighted by Crippen LogP contribution is 2.25. The van der Waals surface area contributed by atoms with E-state index in [0.29, 0.717) is 28.7 Å². The van der Waals surface area contributed by atoms with Crippen molar-refractivity contribution in [3.8, 4) is 5.75 Å². The minimum Gasteiger partial charge on any atom is -0.483 e. The third-order valence-electron chi connectivity index (χ3n) is 4.35. The molecule has 1 heterocycles. The molecule has 0 saturated heterocycles. The van der Waals surface area contributed by atoms with E-state index in [4.69, 9.17) is 4.74 Å². The fraction of sp³-hybridized carbons (Fsp3) is 0.227. The number of carbonyl (C=O) groups is 2. The number of hydrogen-bond donors (Lipinski definition) is 1. The van der Waals surface area contributed by atoms with Gasteiger partial charge >= 0.3 is 0 Å². The Bertz CT molecular complexity index is 975. The Morgan fingerprint density at radius 1 is 1.11 bits per heavy atom. The number of anilines is 1. The summed E-state index contributed by atoms with van der Waals surface area (Å²) in [5.74, 6) is 0.960. The molecule has 0 fully saturated rings. The van der Waals surface area contributed by atoms with Crippen LogP contribution >= 0.6 is 0 Å². The lowest BCUT2D eigenvalue weighted by molar-refractivity contribution is -0.118. The van der Waals surface area contributed by atoms with Crippen LogP contribution in [0.5, 0.6) is 5.75 Å². The summed E-state index contributed by atoms with van der Waals surface area (Å²) in [5.41, 5.74) is 2.17. The second kappa shape index (κ2) is 8.52. The second-order valence-electron chi connectivity index (χ2n) is 6.80. The van der Waals surface area contributed by atoms with Crippen LogP contribution in [0, 0.1) is 0 Å². The fourth-order valence-electron chi connectivity index (χ4n) is 2.85. The van der Waals surface area contributed by atoms with Crippen LogP contribution in [-0.4, -0.2) is 27.8 Å². The van der Waals surface area contributed by atoms with Gasteiger partial charge < -0.3 is 14.6 Å². The van der Waals surface area contributed by atoms with Gasteiger partial charge in [-0.25, -0.2) is 4.98 Å². The number of carbonyl (C=O) groups excluding carboxylic acids is 2. The van der Waals surface area contributed by atoms with Crippen LogP contribution in [0.4, 0.5) is 5.69 Å². The molecule has 1 amide bonds. The van der Waals surface area contributed by atoms with E-state index in [-0.39, 0.29) is 18.3 Å². The van der Waals surface area contributed by atoms with Gasteiger partial charge in [0.1, 0.15) is 5.75 Å². The van der Waals surface area contributed by atoms with Crippen LogP contribution in [-0.2, 0) is 11.8 Å². The summed E-state index contributed by atoms with van der Waals surface area (Å²) in [6.45, 7) is 4.07. The Labute approximate surface area is 164 Å². The molecule has 1 aromatic heterocycles. The first-order valence-corrected chi connectivity index (χ1v) is 9.09. The van der Waals surface area contributed by atoms with E-state index in [0.717, 1.165) is 5.56 Å². The number of para-hydroxylation sites is 1. The molecule has 144 valence electrons. The molecule has 6 heteroatoms. The van der Waals surface area contributed by atoms with Crippen molar-refractivity contribution in [1.82, 2.24) is 9.55 Å². The van der Waals surface area contributed by atoms with Gasteiger partial charge in [0.15, 0.2) is 12.4 Å². The van der Waals surface area contributed by atoms with Gasteiger partial charge in [-0.1, -0.05) is 32.0 Å². The monoisotopic (exact) mass is 377 g/mol. The van der Waals surface area contributed by atoms with Crippen LogP contribution in [0.3, 0.4) is 0 Å². The number of benzene rings is 2. The molecule has 6 nitrogen and oxygen atoms in total. The van der Waals surface area contributed by atoms with Crippen molar-refractivity contribution in [2.24, 2.45) is 7.05 Å². The Morgan fingerprint density at radius 2 is 1.82 bits per heavy atom. The number of ketones is 1. The van der Waals surface area contributed by atoms with E-state index in [1.54, 1.807) is 48.3 Å². The second-order valence-corrected chi connectivity index (χ2v) is 6.80. The van der Waals surface area contributed by atoms with Crippen molar-refractivity contribution in [3.05, 3.63) is 77.9 Å². The topological polar surface area (TPSA) is 73.2 Å². The van der Waals surface area contributed by atoms with Crippen molar-refractivity contribution in [2.75, 3.05) is 11.9 Å². The predicted octanol–water partition coefficient (Wildman–Crippen LogP) is 3.79. The van der Waals surface area contributed by atoms with Crippen molar-refractivity contribution >= 4 is 17.4 Å². The molecule has 0 unspecified atom stereocenters. The van der Waals surface area contributed by atoms with E-state index in [1.165, 1.54) is 0 Å². The lowest BCUT2D eigenvalue weighted by atomic mass is 10.0. The quantitative estimate of drug-likeness (QED) is 0.636. The number of rotatable bonds is 7. The highest BCUT2D eigenvalue weighted by Gasteiger charge is 2.14. The number of imidazole rings is 1. The maximum Gasteiger partial charge on any atom is 0.262 e. The number of hydrogen-bond acceptors (Lipinski definition) is 4. The van der Waals surface area contributed by atoms with Gasteiger partial charge in [-0.15, -0.1) is 0 Å². The van der Waals surface area contributed by atoms with Crippen molar-refractivity contribution in [1.29, 1.82) is 0 Å². The maximum atomic E-state index is 12.4. The van der Waals surface area contributed by atoms with Gasteiger partial charge in [-0.2, -0.15) is 0 Å². The Morgan fingerprint density at radius 3 is 2.46 bits per heavy atom. The number of aryl methyl sites for hydroxylation is 1. The van der Waals surface area contributed by atoms with Gasteiger partial charge in [0.25, 0.3) is 5.91 Å². The summed E-state index contributed by atoms with van der Waals surface area (Å²) in [7, 11) is 1.77. The Balaban J connectivity index is 1.59. The number of nitrogens with zero attached hydrogens (tertiary/aromatic N) is 2. The van der Waals surface area contributed by atoms with Gasteiger partial charge in [0.2, 0.25) is 5.78 Å². The molecule has 0 aliphatic heterocycles. The lowest BCUT2D eigenvalue weighted by Crippen LogP contribution is -2.20. The van der Waals surface area contributed by atoms with Crippen LogP contribution in [0.15, 0.2) is 60.9 Å². The molecule has 3 rings (SSSR count). The summed E-state index contributed by atoms with van der Waals surface area (Å²) >= 11 is 0. The number of amides is 1. The van der Waals surface area contributed by atoms with Gasteiger partial charge in [-0.3, -0.25) is 9.59 Å². The first kappa shape index (κ1) is 19.4. The molecule has 0 bridgehead atoms. The average molecular weight is 377 g/mol. The summed E-state index contributed by atoms with van der Waals surface area (Å²) in [4.78, 5) is 28.7. The van der Waals surface area contributed by atoms with Crippen molar-refractivity contribution in [3.63, 3.8) is 0 Å². The van der Waals surface area contributed by atoms with Crippen LogP contribution in [0.2, 0.25) is 0 Å². The molecule has 0 radical (unpaired) electrons. The highest BCUT2D eigenvalue weighted by molar-refractivity contribution is 6.07. The molecule has 0 spiro atoms. The van der Waals surface area contributed by atoms with E-state index in [1.807, 2.05) is 24.3 Å². The molecule has 1 N–H and O–H groups in total. The zero-order chi connectivity index (χ0) is 20.1. The van der Waals surface area contributed by atoms with Crippen LogP contribution < -0.4 is 10.1 Å². The van der Waals surface area contributed by atoms with Gasteiger partial charge in [0, 0.05) is 30.7 Å². The number of ether oxygens (including phenoxy) is 1. The summed E-state index contributed by atoms with van der Waals surface area (Å²) in [6.07, 6.45) is 3.30. The summed E-state index contributed by atoms with van der Waals surface area (Å²) in [6, 6.07) is 14.4. The first-order valence-electron chi connectivity index (χ1n) is 9.09. The zero-order valence-electron chi connectivity index (χ0n) is 16.2. The largest absolute Gasteiger partial charge is 0.483 e. The molecular formula is C22H23N3O3. The van der Waals surface area contributed by atoms with Gasteiger partial charge in [0.05, 0.1) is 0 Å². The summed E-state index contributed by atoms with van der Waals surface area (Å²) in [5, 5.41) is 2.78. The average Bonchev–Trinajstić information content (AvgIpc) is 3.12. The summed E-state index contributed by atoms with van der Waals surface area (Å²) < 4.78 is 7.35. The number of nitrogens with one attached hydrogen (secondary N) is 1. The third kappa shape index (κ3) is 4.46.